The van der Waals surface area contributed by atoms with Gasteiger partial charge in [0, 0.05) is 5.56 Å². The number of methoxy groups -OCH3 is 1. The number of carboxylic acid groups (broad SMARTS) is 1. The van der Waals surface area contributed by atoms with Crippen molar-refractivity contribution in [2.45, 2.75) is 0 Å². The molecule has 6 heteroatoms. The van der Waals surface area contributed by atoms with Crippen molar-refractivity contribution in [1.29, 1.82) is 0 Å². The lowest BCUT2D eigenvalue weighted by molar-refractivity contribution is -0.132. The summed E-state index contributed by atoms with van der Waals surface area (Å²) >= 11 is 0. The Morgan fingerprint density at radius 1 is 0.862 bits per heavy atom. The topological polar surface area (TPSA) is 84.9 Å². The first-order valence-electron chi connectivity index (χ1n) is 8.78. The fourth-order valence-corrected chi connectivity index (χ4v) is 2.55. The number of ether oxygens (including phenoxy) is 2. The van der Waals surface area contributed by atoms with Crippen LogP contribution in [0, 0.1) is 0 Å². The van der Waals surface area contributed by atoms with Crippen molar-refractivity contribution in [3.05, 3.63) is 95.7 Å². The van der Waals surface area contributed by atoms with E-state index in [1.807, 2.05) is 0 Å². The van der Waals surface area contributed by atoms with E-state index in [2.05, 4.69) is 5.32 Å². The molecule has 0 aromatic heterocycles. The maximum Gasteiger partial charge on any atom is 0.352 e. The lowest BCUT2D eigenvalue weighted by atomic mass is 10.1. The summed E-state index contributed by atoms with van der Waals surface area (Å²) < 4.78 is 10.9. The van der Waals surface area contributed by atoms with Crippen molar-refractivity contribution in [2.24, 2.45) is 0 Å². The number of rotatable bonds is 7. The smallest absolute Gasteiger partial charge is 0.352 e. The highest BCUT2D eigenvalue weighted by molar-refractivity contribution is 6.02. The second-order valence-electron chi connectivity index (χ2n) is 6.03. The number of benzene rings is 3. The quantitative estimate of drug-likeness (QED) is 0.587. The third kappa shape index (κ3) is 5.46. The van der Waals surface area contributed by atoms with Crippen molar-refractivity contribution < 1.29 is 24.2 Å². The van der Waals surface area contributed by atoms with Gasteiger partial charge in [0.15, 0.2) is 0 Å². The van der Waals surface area contributed by atoms with E-state index in [-0.39, 0.29) is 5.70 Å². The molecule has 0 saturated heterocycles. The van der Waals surface area contributed by atoms with Gasteiger partial charge in [-0.2, -0.15) is 0 Å². The normalized spacial score (nSPS) is 10.9. The number of aliphatic carboxylic acids is 1. The number of carboxylic acids is 1. The predicted molar refractivity (Wildman–Crippen MR) is 109 cm³/mol. The van der Waals surface area contributed by atoms with Crippen LogP contribution in [0.25, 0.3) is 6.08 Å². The molecule has 29 heavy (non-hydrogen) atoms. The van der Waals surface area contributed by atoms with Crippen LogP contribution in [-0.4, -0.2) is 24.1 Å². The van der Waals surface area contributed by atoms with Crippen molar-refractivity contribution >= 4 is 18.0 Å². The van der Waals surface area contributed by atoms with Gasteiger partial charge in [0.1, 0.15) is 22.9 Å². The molecular weight excluding hydrogens is 370 g/mol. The number of amides is 1. The van der Waals surface area contributed by atoms with E-state index in [1.54, 1.807) is 86.0 Å². The molecule has 0 fully saturated rings. The van der Waals surface area contributed by atoms with Gasteiger partial charge in [-0.1, -0.05) is 30.3 Å². The largest absolute Gasteiger partial charge is 0.497 e. The van der Waals surface area contributed by atoms with Crippen LogP contribution in [-0.2, 0) is 4.79 Å². The zero-order chi connectivity index (χ0) is 20.6. The Hall–Kier alpha value is -4.06. The Bertz CT molecular complexity index is 1030. The minimum atomic E-state index is -1.24. The van der Waals surface area contributed by atoms with E-state index < -0.39 is 11.9 Å². The molecule has 0 unspecified atom stereocenters. The number of hydrogen-bond acceptors (Lipinski definition) is 4. The standard InChI is InChI=1S/C23H19NO5/c1-28-18-10-12-19(13-11-18)29-20-9-5-6-16(14-20)15-21(23(26)27)24-22(25)17-7-3-2-4-8-17/h2-15H,1H3,(H,24,25)(H,26,27). The summed E-state index contributed by atoms with van der Waals surface area (Å²) in [6, 6.07) is 22.4. The summed E-state index contributed by atoms with van der Waals surface area (Å²) in [5.41, 5.74) is 0.707. The highest BCUT2D eigenvalue weighted by Gasteiger charge is 2.13. The van der Waals surface area contributed by atoms with Crippen molar-refractivity contribution in [3.8, 4) is 17.2 Å². The molecule has 2 N–H and O–H groups in total. The zero-order valence-electron chi connectivity index (χ0n) is 15.7. The Morgan fingerprint density at radius 3 is 2.21 bits per heavy atom. The Labute approximate surface area is 168 Å². The average Bonchev–Trinajstić information content (AvgIpc) is 2.74. The number of carbonyl (C=O) groups is 2. The first-order valence-corrected chi connectivity index (χ1v) is 8.78. The molecule has 0 spiro atoms. The Morgan fingerprint density at radius 2 is 1.55 bits per heavy atom. The first-order chi connectivity index (χ1) is 14.0. The minimum Gasteiger partial charge on any atom is -0.497 e. The molecule has 6 nitrogen and oxygen atoms in total. The summed E-state index contributed by atoms with van der Waals surface area (Å²) in [5.74, 6) is 0.126. The summed E-state index contributed by atoms with van der Waals surface area (Å²) in [6.07, 6.45) is 1.38. The van der Waals surface area contributed by atoms with Crippen LogP contribution in [0.1, 0.15) is 15.9 Å². The average molecular weight is 389 g/mol. The molecule has 0 saturated carbocycles. The molecule has 3 aromatic rings. The van der Waals surface area contributed by atoms with E-state index in [0.29, 0.717) is 28.4 Å². The molecule has 0 atom stereocenters. The van der Waals surface area contributed by atoms with Crippen molar-refractivity contribution in [3.63, 3.8) is 0 Å². The van der Waals surface area contributed by atoms with Crippen molar-refractivity contribution in [2.75, 3.05) is 7.11 Å². The number of carbonyl (C=O) groups excluding carboxylic acids is 1. The zero-order valence-corrected chi connectivity index (χ0v) is 15.7. The van der Waals surface area contributed by atoms with Gasteiger partial charge in [0.25, 0.3) is 5.91 Å². The molecule has 0 heterocycles. The Kier molecular flexibility index (Phi) is 6.27. The third-order valence-corrected chi connectivity index (χ3v) is 3.98. The van der Waals surface area contributed by atoms with Gasteiger partial charge in [-0.3, -0.25) is 4.79 Å². The van der Waals surface area contributed by atoms with Crippen LogP contribution >= 0.6 is 0 Å². The summed E-state index contributed by atoms with van der Waals surface area (Å²) in [6.45, 7) is 0. The summed E-state index contributed by atoms with van der Waals surface area (Å²) in [5, 5.41) is 11.9. The van der Waals surface area contributed by atoms with Gasteiger partial charge in [0.05, 0.1) is 7.11 Å². The van der Waals surface area contributed by atoms with E-state index >= 15 is 0 Å². The van der Waals surface area contributed by atoms with Crippen LogP contribution in [0.2, 0.25) is 0 Å². The fraction of sp³-hybridized carbons (Fsp3) is 0.0435. The molecule has 146 valence electrons. The van der Waals surface area contributed by atoms with E-state index in [4.69, 9.17) is 9.47 Å². The van der Waals surface area contributed by atoms with Gasteiger partial charge in [-0.25, -0.2) is 4.79 Å². The van der Waals surface area contributed by atoms with Crippen LogP contribution in [0.5, 0.6) is 17.2 Å². The van der Waals surface area contributed by atoms with Crippen LogP contribution in [0.3, 0.4) is 0 Å². The highest BCUT2D eigenvalue weighted by atomic mass is 16.5. The van der Waals surface area contributed by atoms with Crippen molar-refractivity contribution in [1.82, 2.24) is 5.32 Å². The first kappa shape index (κ1) is 19.7. The van der Waals surface area contributed by atoms with Gasteiger partial charge in [-0.05, 0) is 60.2 Å². The minimum absolute atomic E-state index is 0.236. The van der Waals surface area contributed by atoms with E-state index in [1.165, 1.54) is 6.08 Å². The van der Waals surface area contributed by atoms with Gasteiger partial charge >= 0.3 is 5.97 Å². The van der Waals surface area contributed by atoms with Crippen LogP contribution in [0.4, 0.5) is 0 Å². The predicted octanol–water partition coefficient (Wildman–Crippen LogP) is 4.34. The fourth-order valence-electron chi connectivity index (χ4n) is 2.55. The second-order valence-corrected chi connectivity index (χ2v) is 6.03. The lowest BCUT2D eigenvalue weighted by Crippen LogP contribution is -2.27. The molecule has 3 aromatic carbocycles. The van der Waals surface area contributed by atoms with Crippen LogP contribution in [0.15, 0.2) is 84.6 Å². The SMILES string of the molecule is COc1ccc(Oc2cccc(C=C(NC(=O)c3ccccc3)C(=O)O)c2)cc1. The van der Waals surface area contributed by atoms with Gasteiger partial charge < -0.3 is 19.9 Å². The monoisotopic (exact) mass is 389 g/mol. The molecule has 0 radical (unpaired) electrons. The molecule has 0 aliphatic rings. The van der Waals surface area contributed by atoms with Crippen LogP contribution < -0.4 is 14.8 Å². The molecule has 0 bridgehead atoms. The Balaban J connectivity index is 1.78. The number of nitrogens with one attached hydrogen (secondary N) is 1. The van der Waals surface area contributed by atoms with E-state index in [9.17, 15) is 14.7 Å². The molecule has 0 aliphatic heterocycles. The summed E-state index contributed by atoms with van der Waals surface area (Å²) in [7, 11) is 1.59. The van der Waals surface area contributed by atoms with Gasteiger partial charge in [-0.15, -0.1) is 0 Å². The number of hydrogen-bond donors (Lipinski definition) is 2. The highest BCUT2D eigenvalue weighted by Crippen LogP contribution is 2.25. The van der Waals surface area contributed by atoms with E-state index in [0.717, 1.165) is 0 Å². The second kappa shape index (κ2) is 9.23. The lowest BCUT2D eigenvalue weighted by Gasteiger charge is -2.09. The molecule has 0 aliphatic carbocycles. The molecule has 3 rings (SSSR count). The summed E-state index contributed by atoms with van der Waals surface area (Å²) in [4.78, 5) is 23.8. The molecular formula is C23H19NO5. The maximum absolute atomic E-state index is 12.3. The third-order valence-electron chi connectivity index (χ3n) is 3.98. The maximum atomic E-state index is 12.3. The van der Waals surface area contributed by atoms with Gasteiger partial charge in [0.2, 0.25) is 0 Å². The molecule has 1 amide bonds.